The smallest absolute Gasteiger partial charge is 0.232 e. The molecule has 0 aliphatic rings. The summed E-state index contributed by atoms with van der Waals surface area (Å²) in [6.07, 6.45) is 5.44. The Bertz CT molecular complexity index is 1170. The summed E-state index contributed by atoms with van der Waals surface area (Å²) in [5, 5.41) is 0. The largest absolute Gasteiger partial charge is 0.293 e. The first-order chi connectivity index (χ1) is 16.3. The van der Waals surface area contributed by atoms with Crippen LogP contribution < -0.4 is 4.57 Å². The summed E-state index contributed by atoms with van der Waals surface area (Å²) in [4.78, 5) is 0. The van der Waals surface area contributed by atoms with Crippen LogP contribution in [-0.4, -0.2) is 4.57 Å². The molecule has 0 fully saturated rings. The van der Waals surface area contributed by atoms with Crippen molar-refractivity contribution in [2.75, 3.05) is 0 Å². The Kier molecular flexibility index (Phi) is 8.44. The molecule has 1 aromatic heterocycles. The van der Waals surface area contributed by atoms with Crippen molar-refractivity contribution in [1.82, 2.24) is 4.57 Å². The molecule has 34 heavy (non-hydrogen) atoms. The highest BCUT2D eigenvalue weighted by Gasteiger charge is 2.26. The van der Waals surface area contributed by atoms with Crippen LogP contribution in [0.1, 0.15) is 70.9 Å². The van der Waals surface area contributed by atoms with Crippen molar-refractivity contribution in [1.29, 1.82) is 0 Å². The molecule has 2 nitrogen and oxygen atoms in total. The number of aromatic nitrogens is 2. The Morgan fingerprint density at radius 1 is 0.765 bits per heavy atom. The van der Waals surface area contributed by atoms with Gasteiger partial charge >= 0.3 is 0 Å². The maximum atomic E-state index is 13.6. The molecule has 0 aliphatic carbocycles. The van der Waals surface area contributed by atoms with Crippen molar-refractivity contribution >= 4 is 0 Å². The van der Waals surface area contributed by atoms with E-state index in [4.69, 9.17) is 0 Å². The molecular weight excluding hydrogens is 419 g/mol. The number of nitrogens with zero attached hydrogens (tertiary/aromatic N) is 2. The predicted octanol–water partition coefficient (Wildman–Crippen LogP) is 8.44. The highest BCUT2D eigenvalue weighted by molar-refractivity contribution is 5.71. The SMILES string of the molecule is CC(C)c1cc(-c2ccccc2)cc(C(C)C)c1-n1cc[n+](C)c1-c1ccc(F)cc1.CCC. The first kappa shape index (κ1) is 25.4. The van der Waals surface area contributed by atoms with Gasteiger partial charge in [-0.3, -0.25) is 0 Å². The molecule has 0 saturated heterocycles. The van der Waals surface area contributed by atoms with Crippen molar-refractivity contribution < 1.29 is 8.96 Å². The molecule has 0 N–H and O–H groups in total. The number of rotatable bonds is 5. The summed E-state index contributed by atoms with van der Waals surface area (Å²) in [6.45, 7) is 13.2. The van der Waals surface area contributed by atoms with Gasteiger partial charge in [0.25, 0.3) is 5.82 Å². The highest BCUT2D eigenvalue weighted by atomic mass is 19.1. The first-order valence-electron chi connectivity index (χ1n) is 12.3. The van der Waals surface area contributed by atoms with Crippen molar-refractivity contribution in [2.24, 2.45) is 7.05 Å². The van der Waals surface area contributed by atoms with Crippen LogP contribution in [0.15, 0.2) is 79.1 Å². The molecular formula is C31H38FN2+. The van der Waals surface area contributed by atoms with Gasteiger partial charge in [-0.1, -0.05) is 78.3 Å². The summed E-state index contributed by atoms with van der Waals surface area (Å²) in [6, 6.07) is 22.0. The maximum absolute atomic E-state index is 13.6. The maximum Gasteiger partial charge on any atom is 0.293 e. The number of aryl methyl sites for hydroxylation is 1. The number of hydrogen-bond donors (Lipinski definition) is 0. The standard InChI is InChI=1S/C28H30FN2.C3H8/c1-19(2)25-17-23(21-9-7-6-8-10-21)18-26(20(3)4)27(25)31-16-15-30(5)28(31)22-11-13-24(29)14-12-22;1-3-2/h6-20H,1-5H3;3H2,1-2H3/q+1;. The Labute approximate surface area is 204 Å². The van der Waals surface area contributed by atoms with Crippen LogP contribution in [-0.2, 0) is 7.05 Å². The third-order valence-electron chi connectivity index (χ3n) is 5.86. The number of halogens is 1. The summed E-state index contributed by atoms with van der Waals surface area (Å²) < 4.78 is 18.0. The van der Waals surface area contributed by atoms with E-state index < -0.39 is 0 Å². The fourth-order valence-corrected chi connectivity index (χ4v) is 4.24. The second-order valence-corrected chi connectivity index (χ2v) is 9.50. The zero-order chi connectivity index (χ0) is 24.8. The lowest BCUT2D eigenvalue weighted by Gasteiger charge is -2.20. The van der Waals surface area contributed by atoms with Crippen LogP contribution in [0.25, 0.3) is 28.2 Å². The van der Waals surface area contributed by atoms with Crippen LogP contribution in [0.5, 0.6) is 0 Å². The first-order valence-corrected chi connectivity index (χ1v) is 12.3. The molecule has 3 heteroatoms. The van der Waals surface area contributed by atoms with Crippen molar-refractivity contribution in [3.05, 3.63) is 96.1 Å². The molecule has 0 unspecified atom stereocenters. The fourth-order valence-electron chi connectivity index (χ4n) is 4.24. The Morgan fingerprint density at radius 3 is 1.79 bits per heavy atom. The van der Waals surface area contributed by atoms with E-state index in [-0.39, 0.29) is 5.82 Å². The molecule has 0 amide bonds. The number of benzene rings is 3. The summed E-state index contributed by atoms with van der Waals surface area (Å²) in [7, 11) is 2.04. The third-order valence-corrected chi connectivity index (χ3v) is 5.86. The van der Waals surface area contributed by atoms with E-state index >= 15 is 0 Å². The average Bonchev–Trinajstić information content (AvgIpc) is 3.20. The Hall–Kier alpha value is -3.20. The third kappa shape index (κ3) is 5.47. The van der Waals surface area contributed by atoms with Crippen molar-refractivity contribution in [2.45, 2.75) is 59.8 Å². The fraction of sp³-hybridized carbons (Fsp3) is 0.323. The quantitative estimate of drug-likeness (QED) is 0.266. The molecule has 4 aromatic rings. The second-order valence-electron chi connectivity index (χ2n) is 9.50. The molecule has 0 atom stereocenters. The molecule has 178 valence electrons. The normalized spacial score (nSPS) is 11.0. The monoisotopic (exact) mass is 457 g/mol. The molecule has 0 aliphatic heterocycles. The molecule has 4 rings (SSSR count). The average molecular weight is 458 g/mol. The van der Waals surface area contributed by atoms with Crippen LogP contribution in [0.2, 0.25) is 0 Å². The minimum atomic E-state index is -0.220. The van der Waals surface area contributed by atoms with Gasteiger partial charge in [0.15, 0.2) is 0 Å². The van der Waals surface area contributed by atoms with Crippen LogP contribution in [0.3, 0.4) is 0 Å². The highest BCUT2D eigenvalue weighted by Crippen LogP contribution is 2.37. The lowest BCUT2D eigenvalue weighted by atomic mass is 9.88. The van der Waals surface area contributed by atoms with Crippen molar-refractivity contribution in [3.8, 4) is 28.2 Å². The molecule has 0 radical (unpaired) electrons. The summed E-state index contributed by atoms with van der Waals surface area (Å²) >= 11 is 0. The number of imidazole rings is 1. The van der Waals surface area contributed by atoms with E-state index in [1.807, 2.05) is 19.2 Å². The lowest BCUT2D eigenvalue weighted by Crippen LogP contribution is -2.29. The molecule has 0 spiro atoms. The van der Waals surface area contributed by atoms with Crippen molar-refractivity contribution in [3.63, 3.8) is 0 Å². The van der Waals surface area contributed by atoms with Gasteiger partial charge in [-0.25, -0.2) is 8.96 Å². The predicted molar refractivity (Wildman–Crippen MR) is 142 cm³/mol. The Morgan fingerprint density at radius 2 is 1.29 bits per heavy atom. The van der Waals surface area contributed by atoms with Gasteiger partial charge in [0.2, 0.25) is 0 Å². The molecule has 3 aromatic carbocycles. The van der Waals surface area contributed by atoms with Crippen LogP contribution >= 0.6 is 0 Å². The van der Waals surface area contributed by atoms with Gasteiger partial charge in [-0.05, 0) is 59.4 Å². The minimum Gasteiger partial charge on any atom is -0.232 e. The van der Waals surface area contributed by atoms with E-state index in [0.29, 0.717) is 11.8 Å². The molecule has 1 heterocycles. The summed E-state index contributed by atoms with van der Waals surface area (Å²) in [5.41, 5.74) is 7.32. The van der Waals surface area contributed by atoms with Crippen LogP contribution in [0, 0.1) is 5.82 Å². The Balaban J connectivity index is 0.00000103. The van der Waals surface area contributed by atoms with Gasteiger partial charge in [-0.15, -0.1) is 0 Å². The number of hydrogen-bond acceptors (Lipinski definition) is 0. The van der Waals surface area contributed by atoms with Gasteiger partial charge in [0.1, 0.15) is 23.9 Å². The topological polar surface area (TPSA) is 8.81 Å². The van der Waals surface area contributed by atoms with Crippen LogP contribution in [0.4, 0.5) is 4.39 Å². The van der Waals surface area contributed by atoms with E-state index in [1.165, 1.54) is 46.5 Å². The second kappa shape index (κ2) is 11.3. The van der Waals surface area contributed by atoms with E-state index in [1.54, 1.807) is 0 Å². The van der Waals surface area contributed by atoms with Gasteiger partial charge in [0.05, 0.1) is 12.6 Å². The zero-order valence-corrected chi connectivity index (χ0v) is 21.6. The van der Waals surface area contributed by atoms with E-state index in [9.17, 15) is 4.39 Å². The van der Waals surface area contributed by atoms with Gasteiger partial charge < -0.3 is 0 Å². The van der Waals surface area contributed by atoms with E-state index in [0.717, 1.165) is 11.4 Å². The van der Waals surface area contributed by atoms with Gasteiger partial charge in [-0.2, -0.15) is 4.57 Å². The lowest BCUT2D eigenvalue weighted by molar-refractivity contribution is -0.659. The van der Waals surface area contributed by atoms with Gasteiger partial charge in [0, 0.05) is 11.1 Å². The molecule has 0 saturated carbocycles. The summed E-state index contributed by atoms with van der Waals surface area (Å²) in [5.74, 6) is 1.52. The van der Waals surface area contributed by atoms with E-state index in [2.05, 4.69) is 106 Å². The zero-order valence-electron chi connectivity index (χ0n) is 21.6. The minimum absolute atomic E-state index is 0.220. The molecule has 0 bridgehead atoms.